The summed E-state index contributed by atoms with van der Waals surface area (Å²) in [7, 11) is 0. The maximum atomic E-state index is 12.0. The molecule has 0 spiro atoms. The first-order valence-electron chi connectivity index (χ1n) is 5.26. The van der Waals surface area contributed by atoms with Gasteiger partial charge in [-0.25, -0.2) is 5.32 Å². The molecule has 3 nitrogen and oxygen atoms in total. The molecule has 1 saturated heterocycles. The molecule has 1 aromatic carbocycles. The Morgan fingerprint density at radius 3 is 2.73 bits per heavy atom. The van der Waals surface area contributed by atoms with E-state index >= 15 is 0 Å². The summed E-state index contributed by atoms with van der Waals surface area (Å²) in [6, 6.07) is 7.74. The van der Waals surface area contributed by atoms with Gasteiger partial charge in [0.1, 0.15) is 0 Å². The summed E-state index contributed by atoms with van der Waals surface area (Å²) in [5.74, 6) is 0.133. The van der Waals surface area contributed by atoms with Crippen LogP contribution < -0.4 is 5.32 Å². The monoisotopic (exact) mass is 203 g/mol. The lowest BCUT2D eigenvalue weighted by Crippen LogP contribution is -2.43. The highest BCUT2D eigenvalue weighted by atomic mass is 16.2. The summed E-state index contributed by atoms with van der Waals surface area (Å²) in [6.45, 7) is 5.07. The maximum absolute atomic E-state index is 12.0. The fourth-order valence-electron chi connectivity index (χ4n) is 1.77. The van der Waals surface area contributed by atoms with E-state index in [2.05, 4.69) is 5.32 Å². The number of amides is 1. The van der Waals surface area contributed by atoms with Crippen molar-refractivity contribution in [1.29, 1.82) is 0 Å². The fourth-order valence-corrected chi connectivity index (χ4v) is 1.77. The second kappa shape index (κ2) is 4.45. The second-order valence-electron chi connectivity index (χ2n) is 3.83. The van der Waals surface area contributed by atoms with Gasteiger partial charge in [0.25, 0.3) is 5.91 Å². The van der Waals surface area contributed by atoms with Gasteiger partial charge in [-0.05, 0) is 19.1 Å². The summed E-state index contributed by atoms with van der Waals surface area (Å²) >= 11 is 0. The first-order chi connectivity index (χ1) is 7.27. The largest absolute Gasteiger partial charge is 0.336 e. The van der Waals surface area contributed by atoms with Crippen LogP contribution in [0, 0.1) is 6.92 Å². The van der Waals surface area contributed by atoms with Crippen molar-refractivity contribution in [2.75, 3.05) is 26.2 Å². The lowest BCUT2D eigenvalue weighted by Gasteiger charge is -2.26. The first kappa shape index (κ1) is 10.2. The van der Waals surface area contributed by atoms with Gasteiger partial charge in [0.2, 0.25) is 0 Å². The van der Waals surface area contributed by atoms with Crippen LogP contribution in [0.5, 0.6) is 0 Å². The van der Waals surface area contributed by atoms with Crippen LogP contribution in [0.4, 0.5) is 0 Å². The van der Waals surface area contributed by atoms with Crippen LogP contribution >= 0.6 is 0 Å². The molecular formula is C12H15N2O. The molecule has 0 N–H and O–H groups in total. The van der Waals surface area contributed by atoms with Gasteiger partial charge in [-0.1, -0.05) is 17.7 Å². The molecule has 2 rings (SSSR count). The third kappa shape index (κ3) is 2.36. The number of nitrogens with zero attached hydrogens (tertiary/aromatic N) is 2. The van der Waals surface area contributed by atoms with Crippen molar-refractivity contribution >= 4 is 5.91 Å². The van der Waals surface area contributed by atoms with E-state index in [0.29, 0.717) is 0 Å². The van der Waals surface area contributed by atoms with Gasteiger partial charge in [0, 0.05) is 31.7 Å². The zero-order chi connectivity index (χ0) is 10.7. The third-order valence-corrected chi connectivity index (χ3v) is 2.61. The Morgan fingerprint density at radius 2 is 2.07 bits per heavy atom. The van der Waals surface area contributed by atoms with E-state index in [9.17, 15) is 4.79 Å². The molecule has 0 aliphatic carbocycles. The molecule has 1 aromatic rings. The molecular weight excluding hydrogens is 188 g/mol. The average Bonchev–Trinajstić information content (AvgIpc) is 2.29. The van der Waals surface area contributed by atoms with Crippen molar-refractivity contribution in [2.24, 2.45) is 0 Å². The van der Waals surface area contributed by atoms with Gasteiger partial charge in [-0.2, -0.15) is 0 Å². The molecule has 15 heavy (non-hydrogen) atoms. The Kier molecular flexibility index (Phi) is 3.02. The fraction of sp³-hybridized carbons (Fsp3) is 0.417. The molecule has 1 amide bonds. The van der Waals surface area contributed by atoms with E-state index in [1.54, 1.807) is 0 Å². The van der Waals surface area contributed by atoms with Gasteiger partial charge in [-0.15, -0.1) is 0 Å². The first-order valence-corrected chi connectivity index (χ1v) is 5.26. The van der Waals surface area contributed by atoms with Gasteiger partial charge in [0.05, 0.1) is 0 Å². The van der Waals surface area contributed by atoms with Crippen LogP contribution in [0.1, 0.15) is 15.9 Å². The molecule has 1 heterocycles. The van der Waals surface area contributed by atoms with Crippen LogP contribution in [0.15, 0.2) is 24.3 Å². The lowest BCUT2D eigenvalue weighted by molar-refractivity contribution is 0.0734. The van der Waals surface area contributed by atoms with Crippen LogP contribution in [-0.2, 0) is 0 Å². The highest BCUT2D eigenvalue weighted by molar-refractivity contribution is 5.94. The van der Waals surface area contributed by atoms with E-state index in [1.807, 2.05) is 36.1 Å². The van der Waals surface area contributed by atoms with Gasteiger partial charge in [0.15, 0.2) is 0 Å². The van der Waals surface area contributed by atoms with E-state index in [4.69, 9.17) is 0 Å². The van der Waals surface area contributed by atoms with Crippen LogP contribution in [0.3, 0.4) is 0 Å². The Bertz CT molecular complexity index is 356. The zero-order valence-electron chi connectivity index (χ0n) is 8.94. The topological polar surface area (TPSA) is 34.4 Å². The number of aryl methyl sites for hydroxylation is 1. The number of hydrogen-bond donors (Lipinski definition) is 0. The normalized spacial score (nSPS) is 16.5. The highest BCUT2D eigenvalue weighted by Gasteiger charge is 2.17. The van der Waals surface area contributed by atoms with Gasteiger partial charge < -0.3 is 4.90 Å². The highest BCUT2D eigenvalue weighted by Crippen LogP contribution is 2.08. The molecule has 0 saturated carbocycles. The Balaban J connectivity index is 2.12. The van der Waals surface area contributed by atoms with E-state index in [0.717, 1.165) is 37.3 Å². The molecule has 79 valence electrons. The molecule has 1 aliphatic rings. The quantitative estimate of drug-likeness (QED) is 0.672. The average molecular weight is 203 g/mol. The molecule has 0 aromatic heterocycles. The number of benzene rings is 1. The minimum Gasteiger partial charge on any atom is -0.336 e. The molecule has 0 bridgehead atoms. The SMILES string of the molecule is Cc1cccc(C(=O)N2CC[N]CC2)c1. The van der Waals surface area contributed by atoms with Crippen molar-refractivity contribution in [3.05, 3.63) is 35.4 Å². The Morgan fingerprint density at radius 1 is 1.33 bits per heavy atom. The van der Waals surface area contributed by atoms with Gasteiger partial charge >= 0.3 is 0 Å². The maximum Gasteiger partial charge on any atom is 0.253 e. The lowest BCUT2D eigenvalue weighted by atomic mass is 10.1. The summed E-state index contributed by atoms with van der Waals surface area (Å²) in [5.41, 5.74) is 1.92. The number of carbonyl (C=O) groups excluding carboxylic acids is 1. The predicted molar refractivity (Wildman–Crippen MR) is 59.0 cm³/mol. The summed E-state index contributed by atoms with van der Waals surface area (Å²) in [5, 5.41) is 4.23. The molecule has 0 atom stereocenters. The minimum absolute atomic E-state index is 0.133. The summed E-state index contributed by atoms with van der Waals surface area (Å²) < 4.78 is 0. The molecule has 0 unspecified atom stereocenters. The van der Waals surface area contributed by atoms with Crippen LogP contribution in [-0.4, -0.2) is 37.0 Å². The third-order valence-electron chi connectivity index (χ3n) is 2.61. The Labute approximate surface area is 90.1 Å². The molecule has 1 aliphatic heterocycles. The van der Waals surface area contributed by atoms with Crippen LogP contribution in [0.2, 0.25) is 0 Å². The Hall–Kier alpha value is -1.35. The van der Waals surface area contributed by atoms with Crippen LogP contribution in [0.25, 0.3) is 0 Å². The number of piperazine rings is 1. The van der Waals surface area contributed by atoms with Crippen molar-refractivity contribution in [3.63, 3.8) is 0 Å². The van der Waals surface area contributed by atoms with Gasteiger partial charge in [-0.3, -0.25) is 4.79 Å². The summed E-state index contributed by atoms with van der Waals surface area (Å²) in [4.78, 5) is 13.9. The smallest absolute Gasteiger partial charge is 0.253 e. The van der Waals surface area contributed by atoms with E-state index in [1.165, 1.54) is 0 Å². The molecule has 3 heteroatoms. The summed E-state index contributed by atoms with van der Waals surface area (Å²) in [6.07, 6.45) is 0. The second-order valence-corrected chi connectivity index (χ2v) is 3.83. The van der Waals surface area contributed by atoms with Crippen molar-refractivity contribution in [1.82, 2.24) is 10.2 Å². The van der Waals surface area contributed by atoms with E-state index in [-0.39, 0.29) is 5.91 Å². The molecule has 1 fully saturated rings. The van der Waals surface area contributed by atoms with Crippen molar-refractivity contribution in [3.8, 4) is 0 Å². The van der Waals surface area contributed by atoms with Crippen molar-refractivity contribution < 1.29 is 4.79 Å². The predicted octanol–water partition coefficient (Wildman–Crippen LogP) is 1.06. The van der Waals surface area contributed by atoms with E-state index < -0.39 is 0 Å². The molecule has 1 radical (unpaired) electrons. The number of rotatable bonds is 1. The standard InChI is InChI=1S/C12H15N2O/c1-10-3-2-4-11(9-10)12(15)14-7-5-13-6-8-14/h2-4,9H,5-8H2,1H3. The number of hydrogen-bond acceptors (Lipinski definition) is 1. The number of carbonyl (C=O) groups is 1. The minimum atomic E-state index is 0.133. The van der Waals surface area contributed by atoms with Crippen molar-refractivity contribution in [2.45, 2.75) is 6.92 Å². The zero-order valence-corrected chi connectivity index (χ0v) is 8.94.